The van der Waals surface area contributed by atoms with Crippen molar-refractivity contribution in [2.24, 2.45) is 0 Å². The number of hydrogen-bond donors (Lipinski definition) is 1. The van der Waals surface area contributed by atoms with Gasteiger partial charge in [-0.25, -0.2) is 0 Å². The Morgan fingerprint density at radius 2 is 1.91 bits per heavy atom. The van der Waals surface area contributed by atoms with Gasteiger partial charge >= 0.3 is 0 Å². The highest BCUT2D eigenvalue weighted by Gasteiger charge is 2.28. The summed E-state index contributed by atoms with van der Waals surface area (Å²) in [5.74, 6) is 0.595. The summed E-state index contributed by atoms with van der Waals surface area (Å²) in [6.07, 6.45) is 3.64. The molecule has 3 heterocycles. The minimum atomic E-state index is -0.108. The lowest BCUT2D eigenvalue weighted by Gasteiger charge is -2.32. The van der Waals surface area contributed by atoms with Gasteiger partial charge < -0.3 is 19.7 Å². The molecule has 2 fully saturated rings. The van der Waals surface area contributed by atoms with Crippen LogP contribution in [0, 0.1) is 6.92 Å². The van der Waals surface area contributed by atoms with Crippen LogP contribution in [0.1, 0.15) is 53.3 Å². The van der Waals surface area contributed by atoms with Gasteiger partial charge in [-0.05, 0) is 69.0 Å². The number of likely N-dealkylation sites (tertiary alicyclic amines) is 1. The van der Waals surface area contributed by atoms with Crippen LogP contribution in [0.4, 0.5) is 0 Å². The van der Waals surface area contributed by atoms with Crippen molar-refractivity contribution in [2.75, 3.05) is 32.8 Å². The lowest BCUT2D eigenvalue weighted by atomic mass is 9.89. The minimum Gasteiger partial charge on any atom is -0.484 e. The van der Waals surface area contributed by atoms with Gasteiger partial charge in [-0.15, -0.1) is 0 Å². The van der Waals surface area contributed by atoms with Gasteiger partial charge in [0.05, 0.1) is 17.4 Å². The number of pyridine rings is 1. The Hall–Kier alpha value is -2.64. The molecule has 0 saturated carbocycles. The minimum absolute atomic E-state index is 0.00805. The summed E-state index contributed by atoms with van der Waals surface area (Å²) in [5, 5.41) is 3.63. The fraction of sp³-hybridized carbons (Fsp3) is 0.480. The molecule has 2 aliphatic heterocycles. The van der Waals surface area contributed by atoms with Crippen LogP contribution >= 0.6 is 11.6 Å². The Bertz CT molecular complexity index is 968. The van der Waals surface area contributed by atoms with Crippen molar-refractivity contribution in [1.29, 1.82) is 0 Å². The van der Waals surface area contributed by atoms with E-state index in [9.17, 15) is 9.59 Å². The number of carbonyl (C=O) groups is 2. The van der Waals surface area contributed by atoms with Gasteiger partial charge in [0, 0.05) is 42.9 Å². The average molecular weight is 472 g/mol. The first kappa shape index (κ1) is 23.5. The summed E-state index contributed by atoms with van der Waals surface area (Å²) in [4.78, 5) is 32.0. The highest BCUT2D eigenvalue weighted by atomic mass is 35.5. The molecule has 0 spiro atoms. The molecule has 0 aliphatic carbocycles. The van der Waals surface area contributed by atoms with Crippen LogP contribution < -0.4 is 10.1 Å². The second-order valence-electron chi connectivity index (χ2n) is 8.63. The van der Waals surface area contributed by atoms with E-state index in [0.29, 0.717) is 36.0 Å². The zero-order valence-corrected chi connectivity index (χ0v) is 19.6. The van der Waals surface area contributed by atoms with Gasteiger partial charge in [0.2, 0.25) is 0 Å². The zero-order chi connectivity index (χ0) is 23.2. The molecular weight excluding hydrogens is 442 g/mol. The van der Waals surface area contributed by atoms with Crippen molar-refractivity contribution in [2.45, 2.75) is 44.6 Å². The lowest BCUT2D eigenvalue weighted by molar-refractivity contribution is -0.134. The van der Waals surface area contributed by atoms with E-state index in [2.05, 4.69) is 5.32 Å². The Morgan fingerprint density at radius 3 is 2.61 bits per heavy atom. The quantitative estimate of drug-likeness (QED) is 0.665. The monoisotopic (exact) mass is 471 g/mol. The number of amides is 2. The highest BCUT2D eigenvalue weighted by molar-refractivity contribution is 6.30. The van der Waals surface area contributed by atoms with E-state index in [0.717, 1.165) is 43.7 Å². The van der Waals surface area contributed by atoms with Gasteiger partial charge in [-0.1, -0.05) is 11.6 Å². The zero-order valence-electron chi connectivity index (χ0n) is 18.9. The number of rotatable bonds is 7. The van der Waals surface area contributed by atoms with Crippen molar-refractivity contribution in [3.8, 4) is 5.75 Å². The number of hydrogen-bond acceptors (Lipinski definition) is 5. The number of piperidine rings is 1. The molecule has 7 nitrogen and oxygen atoms in total. The van der Waals surface area contributed by atoms with Crippen molar-refractivity contribution >= 4 is 23.4 Å². The lowest BCUT2D eigenvalue weighted by Crippen LogP contribution is -2.41. The molecular formula is C25H30ClN3O4. The molecule has 1 N–H and O–H groups in total. The van der Waals surface area contributed by atoms with E-state index in [1.54, 1.807) is 24.3 Å². The van der Waals surface area contributed by atoms with E-state index in [4.69, 9.17) is 26.1 Å². The Balaban J connectivity index is 1.32. The molecule has 1 atom stereocenters. The van der Waals surface area contributed by atoms with E-state index in [-0.39, 0.29) is 30.4 Å². The van der Waals surface area contributed by atoms with E-state index in [1.165, 1.54) is 0 Å². The third-order valence-corrected chi connectivity index (χ3v) is 6.49. The van der Waals surface area contributed by atoms with Crippen molar-refractivity contribution in [3.05, 3.63) is 58.4 Å². The van der Waals surface area contributed by atoms with Crippen LogP contribution in [-0.4, -0.2) is 60.7 Å². The maximum Gasteiger partial charge on any atom is 0.260 e. The van der Waals surface area contributed by atoms with Crippen LogP contribution in [-0.2, 0) is 9.53 Å². The first-order valence-electron chi connectivity index (χ1n) is 11.5. The average Bonchev–Trinajstić information content (AvgIpc) is 3.36. The van der Waals surface area contributed by atoms with E-state index >= 15 is 0 Å². The predicted octanol–water partition coefficient (Wildman–Crippen LogP) is 3.74. The van der Waals surface area contributed by atoms with Crippen molar-refractivity contribution in [1.82, 2.24) is 15.2 Å². The number of aryl methyl sites for hydroxylation is 1. The molecule has 1 aromatic carbocycles. The van der Waals surface area contributed by atoms with Gasteiger partial charge in [0.25, 0.3) is 11.8 Å². The molecule has 1 aromatic heterocycles. The van der Waals surface area contributed by atoms with Crippen LogP contribution in [0.3, 0.4) is 0 Å². The Labute approximate surface area is 199 Å². The number of nitrogens with one attached hydrogen (secondary N) is 1. The van der Waals surface area contributed by atoms with E-state index in [1.807, 2.05) is 24.0 Å². The SMILES string of the molecule is Cc1ccc(C(=O)NCC2CCCO2)c(C2CCN(C(=O)COc3ccc(Cl)cc3)CC2)n1. The predicted molar refractivity (Wildman–Crippen MR) is 126 cm³/mol. The topological polar surface area (TPSA) is 80.8 Å². The Morgan fingerprint density at radius 1 is 1.15 bits per heavy atom. The Kier molecular flexibility index (Phi) is 7.83. The number of benzene rings is 1. The summed E-state index contributed by atoms with van der Waals surface area (Å²) in [7, 11) is 0. The first-order valence-corrected chi connectivity index (χ1v) is 11.9. The smallest absolute Gasteiger partial charge is 0.260 e. The van der Waals surface area contributed by atoms with Crippen LogP contribution in [0.2, 0.25) is 5.02 Å². The van der Waals surface area contributed by atoms with Gasteiger partial charge in [0.15, 0.2) is 6.61 Å². The second-order valence-corrected chi connectivity index (χ2v) is 9.06. The highest BCUT2D eigenvalue weighted by Crippen LogP contribution is 2.29. The van der Waals surface area contributed by atoms with Crippen molar-refractivity contribution in [3.63, 3.8) is 0 Å². The summed E-state index contributed by atoms with van der Waals surface area (Å²) in [6.45, 7) is 4.43. The van der Waals surface area contributed by atoms with Gasteiger partial charge in [-0.3, -0.25) is 14.6 Å². The molecule has 0 bridgehead atoms. The third kappa shape index (κ3) is 6.24. The molecule has 2 amide bonds. The van der Waals surface area contributed by atoms with E-state index < -0.39 is 0 Å². The molecule has 4 rings (SSSR count). The van der Waals surface area contributed by atoms with Crippen LogP contribution in [0.15, 0.2) is 36.4 Å². The normalized spacial score (nSPS) is 18.8. The number of ether oxygens (including phenoxy) is 2. The van der Waals surface area contributed by atoms with Gasteiger partial charge in [0.1, 0.15) is 5.75 Å². The summed E-state index contributed by atoms with van der Waals surface area (Å²) >= 11 is 5.88. The van der Waals surface area contributed by atoms with Gasteiger partial charge in [-0.2, -0.15) is 0 Å². The fourth-order valence-electron chi connectivity index (χ4n) is 4.36. The molecule has 8 heteroatoms. The number of aromatic nitrogens is 1. The second kappa shape index (κ2) is 11.0. The molecule has 2 saturated heterocycles. The molecule has 33 heavy (non-hydrogen) atoms. The molecule has 176 valence electrons. The molecule has 0 radical (unpaired) electrons. The number of nitrogens with zero attached hydrogens (tertiary/aromatic N) is 2. The fourth-order valence-corrected chi connectivity index (χ4v) is 4.48. The summed E-state index contributed by atoms with van der Waals surface area (Å²) < 4.78 is 11.2. The third-order valence-electron chi connectivity index (χ3n) is 6.23. The molecule has 2 aliphatic rings. The summed E-state index contributed by atoms with van der Waals surface area (Å²) in [5.41, 5.74) is 2.33. The number of halogens is 1. The number of carbonyl (C=O) groups excluding carboxylic acids is 2. The summed E-state index contributed by atoms with van der Waals surface area (Å²) in [6, 6.07) is 10.7. The molecule has 2 aromatic rings. The maximum absolute atomic E-state index is 12.9. The van der Waals surface area contributed by atoms with Crippen LogP contribution in [0.5, 0.6) is 5.75 Å². The first-order chi connectivity index (χ1) is 16.0. The van der Waals surface area contributed by atoms with Crippen molar-refractivity contribution < 1.29 is 19.1 Å². The largest absolute Gasteiger partial charge is 0.484 e. The van der Waals surface area contributed by atoms with Crippen LogP contribution in [0.25, 0.3) is 0 Å². The standard InChI is InChI=1S/C25H30ClN3O4/c1-17-4-9-22(25(31)27-15-21-3-2-14-32-21)24(28-17)18-10-12-29(13-11-18)23(30)16-33-20-7-5-19(26)6-8-20/h4-9,18,21H,2-3,10-16H2,1H3,(H,27,31). The maximum atomic E-state index is 12.9. The molecule has 1 unspecified atom stereocenters.